The SMILES string of the molecule is CCCC1NC(C)(CC)C(=O)N1C1CCCCC1CC. The van der Waals surface area contributed by atoms with Crippen molar-refractivity contribution in [2.24, 2.45) is 5.92 Å². The van der Waals surface area contributed by atoms with Crippen LogP contribution in [0.5, 0.6) is 0 Å². The fraction of sp³-hybridized carbons (Fsp3) is 0.941. The zero-order chi connectivity index (χ0) is 14.8. The molecule has 1 aliphatic carbocycles. The summed E-state index contributed by atoms with van der Waals surface area (Å²) < 4.78 is 0. The predicted octanol–water partition coefficient (Wildman–Crippen LogP) is 3.68. The Hall–Kier alpha value is -0.570. The van der Waals surface area contributed by atoms with Crippen molar-refractivity contribution in [2.75, 3.05) is 0 Å². The summed E-state index contributed by atoms with van der Waals surface area (Å²) in [5.74, 6) is 1.05. The predicted molar refractivity (Wildman–Crippen MR) is 83.4 cm³/mol. The zero-order valence-corrected chi connectivity index (χ0v) is 13.7. The number of amides is 1. The molecule has 1 aliphatic heterocycles. The van der Waals surface area contributed by atoms with Gasteiger partial charge < -0.3 is 4.90 Å². The average molecular weight is 280 g/mol. The molecule has 0 aromatic rings. The summed E-state index contributed by atoms with van der Waals surface area (Å²) in [6.45, 7) is 8.70. The van der Waals surface area contributed by atoms with Crippen molar-refractivity contribution in [3.8, 4) is 0 Å². The van der Waals surface area contributed by atoms with Crippen LogP contribution < -0.4 is 5.32 Å². The number of hydrogen-bond acceptors (Lipinski definition) is 2. The van der Waals surface area contributed by atoms with Gasteiger partial charge >= 0.3 is 0 Å². The van der Waals surface area contributed by atoms with Crippen LogP contribution in [-0.4, -0.2) is 28.6 Å². The average Bonchev–Trinajstić information content (AvgIpc) is 2.71. The summed E-state index contributed by atoms with van der Waals surface area (Å²) in [6.07, 6.45) is 9.68. The largest absolute Gasteiger partial charge is 0.322 e. The highest BCUT2D eigenvalue weighted by molar-refractivity contribution is 5.88. The summed E-state index contributed by atoms with van der Waals surface area (Å²) in [6, 6.07) is 0.471. The van der Waals surface area contributed by atoms with Crippen LogP contribution in [0.4, 0.5) is 0 Å². The normalized spacial score (nSPS) is 38.5. The van der Waals surface area contributed by atoms with Crippen LogP contribution in [0.1, 0.15) is 79.1 Å². The first-order chi connectivity index (χ1) is 9.57. The van der Waals surface area contributed by atoms with Gasteiger partial charge in [-0.2, -0.15) is 0 Å². The fourth-order valence-electron chi connectivity index (χ4n) is 4.08. The lowest BCUT2D eigenvalue weighted by Gasteiger charge is -2.40. The Morgan fingerprint density at radius 1 is 1.25 bits per heavy atom. The minimum Gasteiger partial charge on any atom is -0.322 e. The van der Waals surface area contributed by atoms with Gasteiger partial charge in [-0.1, -0.05) is 46.5 Å². The molecule has 20 heavy (non-hydrogen) atoms. The number of carbonyl (C=O) groups excluding carboxylic acids is 1. The summed E-state index contributed by atoms with van der Waals surface area (Å²) in [7, 11) is 0. The monoisotopic (exact) mass is 280 g/mol. The molecule has 1 saturated heterocycles. The molecule has 0 bridgehead atoms. The van der Waals surface area contributed by atoms with Crippen molar-refractivity contribution in [1.82, 2.24) is 10.2 Å². The molecule has 0 spiro atoms. The van der Waals surface area contributed by atoms with E-state index in [-0.39, 0.29) is 11.7 Å². The molecular formula is C17H32N2O. The van der Waals surface area contributed by atoms with E-state index in [1.54, 1.807) is 0 Å². The van der Waals surface area contributed by atoms with E-state index < -0.39 is 0 Å². The van der Waals surface area contributed by atoms with Crippen molar-refractivity contribution in [3.63, 3.8) is 0 Å². The van der Waals surface area contributed by atoms with Crippen molar-refractivity contribution >= 4 is 5.91 Å². The van der Waals surface area contributed by atoms with E-state index in [2.05, 4.69) is 37.9 Å². The number of rotatable bonds is 5. The summed E-state index contributed by atoms with van der Waals surface area (Å²) in [5, 5.41) is 3.64. The first-order valence-electron chi connectivity index (χ1n) is 8.67. The Balaban J connectivity index is 2.23. The summed E-state index contributed by atoms with van der Waals surface area (Å²) in [5.41, 5.74) is -0.338. The molecule has 0 aromatic carbocycles. The Bertz CT molecular complexity index is 344. The third-order valence-corrected chi connectivity index (χ3v) is 5.55. The van der Waals surface area contributed by atoms with E-state index in [1.807, 2.05) is 0 Å². The van der Waals surface area contributed by atoms with Gasteiger partial charge in [0.15, 0.2) is 0 Å². The smallest absolute Gasteiger partial charge is 0.244 e. The van der Waals surface area contributed by atoms with Crippen LogP contribution in [-0.2, 0) is 4.79 Å². The minimum atomic E-state index is -0.338. The van der Waals surface area contributed by atoms with Gasteiger partial charge in [0.1, 0.15) is 0 Å². The molecule has 0 radical (unpaired) electrons. The van der Waals surface area contributed by atoms with Crippen LogP contribution in [0.25, 0.3) is 0 Å². The second-order valence-corrected chi connectivity index (χ2v) is 6.87. The van der Waals surface area contributed by atoms with E-state index in [9.17, 15) is 4.79 Å². The third-order valence-electron chi connectivity index (χ3n) is 5.55. The molecular weight excluding hydrogens is 248 g/mol. The van der Waals surface area contributed by atoms with Crippen LogP contribution >= 0.6 is 0 Å². The lowest BCUT2D eigenvalue weighted by Crippen LogP contribution is -2.49. The van der Waals surface area contributed by atoms with Gasteiger partial charge in [-0.15, -0.1) is 0 Å². The van der Waals surface area contributed by atoms with Gasteiger partial charge in [0, 0.05) is 6.04 Å². The maximum atomic E-state index is 13.0. The van der Waals surface area contributed by atoms with Gasteiger partial charge in [-0.25, -0.2) is 0 Å². The molecule has 4 unspecified atom stereocenters. The number of hydrogen-bond donors (Lipinski definition) is 1. The van der Waals surface area contributed by atoms with Crippen molar-refractivity contribution < 1.29 is 4.79 Å². The zero-order valence-electron chi connectivity index (χ0n) is 13.7. The van der Waals surface area contributed by atoms with Crippen LogP contribution in [0.2, 0.25) is 0 Å². The van der Waals surface area contributed by atoms with Crippen molar-refractivity contribution in [3.05, 3.63) is 0 Å². The van der Waals surface area contributed by atoms with Crippen LogP contribution in [0.3, 0.4) is 0 Å². The Morgan fingerprint density at radius 2 is 1.95 bits per heavy atom. The molecule has 1 amide bonds. The van der Waals surface area contributed by atoms with Gasteiger partial charge in [-0.3, -0.25) is 10.1 Å². The highest BCUT2D eigenvalue weighted by Gasteiger charge is 2.49. The van der Waals surface area contributed by atoms with E-state index >= 15 is 0 Å². The fourth-order valence-corrected chi connectivity index (χ4v) is 4.08. The Kier molecular flexibility index (Phi) is 5.11. The van der Waals surface area contributed by atoms with Crippen LogP contribution in [0, 0.1) is 5.92 Å². The lowest BCUT2D eigenvalue weighted by atomic mass is 9.81. The van der Waals surface area contributed by atoms with Gasteiger partial charge in [0.2, 0.25) is 5.91 Å². The Labute approximate surface area is 124 Å². The van der Waals surface area contributed by atoms with Gasteiger partial charge in [0.05, 0.1) is 11.7 Å². The molecule has 3 heteroatoms. The number of nitrogens with one attached hydrogen (secondary N) is 1. The summed E-state index contributed by atoms with van der Waals surface area (Å²) in [4.78, 5) is 15.2. The quantitative estimate of drug-likeness (QED) is 0.833. The highest BCUT2D eigenvalue weighted by Crippen LogP contribution is 2.36. The maximum absolute atomic E-state index is 13.0. The Morgan fingerprint density at radius 3 is 2.55 bits per heavy atom. The van der Waals surface area contributed by atoms with Crippen molar-refractivity contribution in [2.45, 2.75) is 96.8 Å². The van der Waals surface area contributed by atoms with Crippen molar-refractivity contribution in [1.29, 1.82) is 0 Å². The first kappa shape index (κ1) is 15.8. The highest BCUT2D eigenvalue weighted by atomic mass is 16.2. The molecule has 1 heterocycles. The molecule has 0 aromatic heterocycles. The van der Waals surface area contributed by atoms with Gasteiger partial charge in [-0.05, 0) is 38.5 Å². The van der Waals surface area contributed by atoms with Crippen LogP contribution in [0.15, 0.2) is 0 Å². The topological polar surface area (TPSA) is 32.3 Å². The van der Waals surface area contributed by atoms with Gasteiger partial charge in [0.25, 0.3) is 0 Å². The third kappa shape index (κ3) is 2.74. The minimum absolute atomic E-state index is 0.259. The van der Waals surface area contributed by atoms with E-state index in [1.165, 1.54) is 32.1 Å². The maximum Gasteiger partial charge on any atom is 0.244 e. The molecule has 1 saturated carbocycles. The molecule has 2 fully saturated rings. The number of nitrogens with zero attached hydrogens (tertiary/aromatic N) is 1. The first-order valence-corrected chi connectivity index (χ1v) is 8.67. The molecule has 1 N–H and O–H groups in total. The molecule has 116 valence electrons. The molecule has 2 aliphatic rings. The van der Waals surface area contributed by atoms with E-state index in [0.29, 0.717) is 17.9 Å². The molecule has 2 rings (SSSR count). The summed E-state index contributed by atoms with van der Waals surface area (Å²) >= 11 is 0. The van der Waals surface area contributed by atoms with E-state index in [0.717, 1.165) is 19.3 Å². The lowest BCUT2D eigenvalue weighted by molar-refractivity contribution is -0.137. The number of carbonyl (C=O) groups is 1. The van der Waals surface area contributed by atoms with E-state index in [4.69, 9.17) is 0 Å². The standard InChI is InChI=1S/C17H32N2O/c1-5-10-15-18-17(4,7-3)16(20)19(15)14-12-9-8-11-13(14)6-2/h13-15,18H,5-12H2,1-4H3. The molecule has 3 nitrogen and oxygen atoms in total. The second kappa shape index (κ2) is 6.46. The molecule has 4 atom stereocenters. The second-order valence-electron chi connectivity index (χ2n) is 6.87.